The van der Waals surface area contributed by atoms with Crippen molar-refractivity contribution >= 4 is 23.4 Å². The minimum absolute atomic E-state index is 0.0685. The van der Waals surface area contributed by atoms with E-state index in [0.29, 0.717) is 9.70 Å². The molecule has 2 N–H and O–H groups in total. The lowest BCUT2D eigenvalue weighted by molar-refractivity contribution is -0.138. The van der Waals surface area contributed by atoms with E-state index in [1.54, 1.807) is 0 Å². The Morgan fingerprint density at radius 3 is 2.31 bits per heavy atom. The third kappa shape index (κ3) is 8.34. The monoisotopic (exact) mass is 577 g/mol. The molecule has 210 valence electrons. The average molecular weight is 578 g/mol. The van der Waals surface area contributed by atoms with E-state index < -0.39 is 61.0 Å². The van der Waals surface area contributed by atoms with Gasteiger partial charge in [-0.2, -0.15) is 26.3 Å². The van der Waals surface area contributed by atoms with Gasteiger partial charge >= 0.3 is 18.0 Å². The molecule has 39 heavy (non-hydrogen) atoms. The molecule has 1 aromatic heterocycles. The summed E-state index contributed by atoms with van der Waals surface area (Å²) in [6.45, 7) is -0.642. The molecule has 1 heterocycles. The van der Waals surface area contributed by atoms with Gasteiger partial charge in [0.1, 0.15) is 6.54 Å². The average Bonchev–Trinajstić information content (AvgIpc) is 3.14. The molecule has 0 bridgehead atoms. The molecule has 2 amide bonds. The van der Waals surface area contributed by atoms with Crippen LogP contribution in [0.5, 0.6) is 0 Å². The third-order valence-electron chi connectivity index (χ3n) is 5.43. The van der Waals surface area contributed by atoms with Gasteiger partial charge in [0, 0.05) is 30.6 Å². The Bertz CT molecular complexity index is 1380. The molecule has 2 aromatic carbocycles. The SMILES string of the molecule is CC(=O)NC(CNC(=O)Cn1nc(-c2ccc(Cl)cc2)n(CCC(F)(F)F)c1=O)c1cccc(C(F)(F)F)c1. The van der Waals surface area contributed by atoms with Crippen molar-refractivity contribution in [1.82, 2.24) is 25.0 Å². The van der Waals surface area contributed by atoms with Crippen LogP contribution in [0, 0.1) is 0 Å². The molecule has 0 spiro atoms. The van der Waals surface area contributed by atoms with Gasteiger partial charge in [0.2, 0.25) is 11.8 Å². The molecule has 0 saturated heterocycles. The van der Waals surface area contributed by atoms with Crippen LogP contribution in [0.4, 0.5) is 26.3 Å². The number of aromatic nitrogens is 3. The molecule has 1 unspecified atom stereocenters. The maximum absolute atomic E-state index is 13.1. The minimum atomic E-state index is -4.63. The number of hydrogen-bond acceptors (Lipinski definition) is 4. The molecule has 3 aromatic rings. The summed E-state index contributed by atoms with van der Waals surface area (Å²) < 4.78 is 79.4. The molecule has 1 atom stereocenters. The van der Waals surface area contributed by atoms with E-state index in [0.717, 1.165) is 29.7 Å². The van der Waals surface area contributed by atoms with E-state index in [4.69, 9.17) is 11.6 Å². The van der Waals surface area contributed by atoms with Crippen LogP contribution in [-0.2, 0) is 28.9 Å². The number of carbonyl (C=O) groups is 2. The van der Waals surface area contributed by atoms with E-state index in [1.165, 1.54) is 30.3 Å². The first-order valence-electron chi connectivity index (χ1n) is 11.4. The predicted octanol–water partition coefficient (Wildman–Crippen LogP) is 4.33. The Hall–Kier alpha value is -3.81. The quantitative estimate of drug-likeness (QED) is 0.370. The van der Waals surface area contributed by atoms with Gasteiger partial charge in [-0.25, -0.2) is 9.48 Å². The second kappa shape index (κ2) is 11.9. The van der Waals surface area contributed by atoms with Crippen LogP contribution >= 0.6 is 11.6 Å². The van der Waals surface area contributed by atoms with E-state index in [9.17, 15) is 40.7 Å². The van der Waals surface area contributed by atoms with Crippen molar-refractivity contribution in [3.05, 3.63) is 75.2 Å². The summed E-state index contributed by atoms with van der Waals surface area (Å²) in [5, 5.41) is 9.23. The molecule has 8 nitrogen and oxygen atoms in total. The van der Waals surface area contributed by atoms with E-state index in [-0.39, 0.29) is 23.5 Å². The van der Waals surface area contributed by atoms with Crippen molar-refractivity contribution in [2.24, 2.45) is 0 Å². The molecule has 0 radical (unpaired) electrons. The fourth-order valence-electron chi connectivity index (χ4n) is 3.63. The fourth-order valence-corrected chi connectivity index (χ4v) is 3.76. The van der Waals surface area contributed by atoms with E-state index in [1.807, 2.05) is 0 Å². The van der Waals surface area contributed by atoms with Crippen molar-refractivity contribution in [2.75, 3.05) is 6.54 Å². The van der Waals surface area contributed by atoms with Gasteiger partial charge in [-0.3, -0.25) is 14.2 Å². The van der Waals surface area contributed by atoms with Crippen LogP contribution in [0.25, 0.3) is 11.4 Å². The summed E-state index contributed by atoms with van der Waals surface area (Å²) in [6, 6.07) is 8.95. The molecule has 0 aliphatic rings. The van der Waals surface area contributed by atoms with Gasteiger partial charge in [-0.15, -0.1) is 5.10 Å². The molecule has 0 saturated carbocycles. The minimum Gasteiger partial charge on any atom is -0.352 e. The predicted molar refractivity (Wildman–Crippen MR) is 129 cm³/mol. The highest BCUT2D eigenvalue weighted by Crippen LogP contribution is 2.30. The Morgan fingerprint density at radius 1 is 1.05 bits per heavy atom. The summed E-state index contributed by atoms with van der Waals surface area (Å²) >= 11 is 5.85. The molecule has 0 aliphatic heterocycles. The van der Waals surface area contributed by atoms with Gasteiger partial charge in [-0.1, -0.05) is 23.7 Å². The van der Waals surface area contributed by atoms with Crippen LogP contribution in [0.2, 0.25) is 5.02 Å². The second-order valence-corrected chi connectivity index (χ2v) is 8.90. The lowest BCUT2D eigenvalue weighted by Gasteiger charge is -2.20. The van der Waals surface area contributed by atoms with Crippen molar-refractivity contribution in [1.29, 1.82) is 0 Å². The summed E-state index contributed by atoms with van der Waals surface area (Å²) in [5.74, 6) is -1.50. The van der Waals surface area contributed by atoms with Gasteiger partial charge in [0.25, 0.3) is 0 Å². The molecule has 0 fully saturated rings. The number of benzene rings is 2. The molecule has 3 rings (SSSR count). The van der Waals surface area contributed by atoms with Crippen LogP contribution in [0.3, 0.4) is 0 Å². The molecular formula is C24H22ClF6N5O3. The summed E-state index contributed by atoms with van der Waals surface area (Å²) in [7, 11) is 0. The normalized spacial score (nSPS) is 12.7. The first-order chi connectivity index (χ1) is 18.1. The first-order valence-corrected chi connectivity index (χ1v) is 11.7. The maximum atomic E-state index is 13.1. The smallest absolute Gasteiger partial charge is 0.352 e. The third-order valence-corrected chi connectivity index (χ3v) is 5.69. The van der Waals surface area contributed by atoms with Gasteiger partial charge in [-0.05, 0) is 42.0 Å². The van der Waals surface area contributed by atoms with Gasteiger partial charge < -0.3 is 10.6 Å². The van der Waals surface area contributed by atoms with Crippen molar-refractivity contribution in [2.45, 2.75) is 44.8 Å². The molecule has 15 heteroatoms. The number of hydrogen-bond donors (Lipinski definition) is 2. The molecular weight excluding hydrogens is 556 g/mol. The summed E-state index contributed by atoms with van der Waals surface area (Å²) in [4.78, 5) is 37.1. The fraction of sp³-hybridized carbons (Fsp3) is 0.333. The lowest BCUT2D eigenvalue weighted by atomic mass is 10.0. The summed E-state index contributed by atoms with van der Waals surface area (Å²) in [6.07, 6.45) is -10.5. The van der Waals surface area contributed by atoms with Crippen LogP contribution in [0.15, 0.2) is 53.3 Å². The number of amides is 2. The zero-order valence-electron chi connectivity index (χ0n) is 20.2. The van der Waals surface area contributed by atoms with E-state index in [2.05, 4.69) is 15.7 Å². The topological polar surface area (TPSA) is 98.0 Å². The maximum Gasteiger partial charge on any atom is 0.416 e. The number of rotatable bonds is 9. The Balaban J connectivity index is 1.81. The largest absolute Gasteiger partial charge is 0.416 e. The number of nitrogens with one attached hydrogen (secondary N) is 2. The highest BCUT2D eigenvalue weighted by atomic mass is 35.5. The highest BCUT2D eigenvalue weighted by molar-refractivity contribution is 6.30. The summed E-state index contributed by atoms with van der Waals surface area (Å²) in [5.41, 5.74) is -1.57. The number of nitrogens with zero attached hydrogens (tertiary/aromatic N) is 3. The second-order valence-electron chi connectivity index (χ2n) is 8.47. The van der Waals surface area contributed by atoms with Crippen molar-refractivity contribution in [3.8, 4) is 11.4 Å². The Kier molecular flexibility index (Phi) is 9.10. The molecule has 0 aliphatic carbocycles. The van der Waals surface area contributed by atoms with Crippen LogP contribution in [-0.4, -0.2) is 38.9 Å². The number of carbonyl (C=O) groups excluding carboxylic acids is 2. The number of halogens is 7. The van der Waals surface area contributed by atoms with E-state index >= 15 is 0 Å². The van der Waals surface area contributed by atoms with Crippen LogP contribution < -0.4 is 16.3 Å². The van der Waals surface area contributed by atoms with Crippen molar-refractivity contribution < 1.29 is 35.9 Å². The van der Waals surface area contributed by atoms with Gasteiger partial charge in [0.15, 0.2) is 5.82 Å². The Morgan fingerprint density at radius 2 is 1.72 bits per heavy atom. The number of alkyl halides is 6. The van der Waals surface area contributed by atoms with Crippen molar-refractivity contribution in [3.63, 3.8) is 0 Å². The zero-order chi connectivity index (χ0) is 29.0. The zero-order valence-corrected chi connectivity index (χ0v) is 21.0. The van der Waals surface area contributed by atoms with Crippen LogP contribution in [0.1, 0.15) is 30.5 Å². The Labute approximate surface area is 222 Å². The lowest BCUT2D eigenvalue weighted by Crippen LogP contribution is -2.39. The highest BCUT2D eigenvalue weighted by Gasteiger charge is 2.31. The first kappa shape index (κ1) is 29.7. The van der Waals surface area contributed by atoms with Gasteiger partial charge in [0.05, 0.1) is 18.0 Å². The standard InChI is InChI=1S/C24H22ClF6N5O3/c1-14(37)33-19(16-3-2-4-17(11-16)24(29,30)31)12-32-20(38)13-36-22(39)35(10-9-23(26,27)28)21(34-36)15-5-7-18(25)8-6-15/h2-8,11,19H,9-10,12-13H2,1H3,(H,32,38)(H,33,37).